The molecule has 0 spiro atoms. The molecule has 0 aromatic carbocycles. The monoisotopic (exact) mass is 159 g/mol. The normalized spacial score (nSPS) is 8.55. The number of ether oxygens (including phenoxy) is 1. The molecule has 0 aliphatic rings. The first-order chi connectivity index (χ1) is 5.11. The minimum atomic E-state index is -0.740. The summed E-state index contributed by atoms with van der Waals surface area (Å²) < 4.78 is 4.19. The van der Waals surface area contributed by atoms with Crippen molar-refractivity contribution in [2.45, 2.75) is 0 Å². The van der Waals surface area contributed by atoms with Crippen LogP contribution in [0.15, 0.2) is 12.7 Å². The zero-order valence-corrected chi connectivity index (χ0v) is 6.11. The predicted octanol–water partition coefficient (Wildman–Crippen LogP) is -0.437. The van der Waals surface area contributed by atoms with E-state index in [4.69, 9.17) is 5.21 Å². The molecule has 0 bridgehead atoms. The molecule has 11 heavy (non-hydrogen) atoms. The lowest BCUT2D eigenvalue weighted by molar-refractivity contribution is -0.170. The van der Waals surface area contributed by atoms with Crippen LogP contribution in [0.25, 0.3) is 0 Å². The lowest BCUT2D eigenvalue weighted by Crippen LogP contribution is -2.31. The summed E-state index contributed by atoms with van der Waals surface area (Å²) in [6.45, 7) is 2.63. The number of hydroxylamine groups is 2. The van der Waals surface area contributed by atoms with E-state index in [1.165, 1.54) is 0 Å². The second kappa shape index (κ2) is 4.45. The van der Waals surface area contributed by atoms with Gasteiger partial charge >= 0.3 is 5.97 Å². The van der Waals surface area contributed by atoms with Crippen LogP contribution in [0.4, 0.5) is 0 Å². The van der Waals surface area contributed by atoms with Gasteiger partial charge in [0.2, 0.25) is 0 Å². The second-order valence-electron chi connectivity index (χ2n) is 1.68. The SMILES string of the molecule is C=CC(=O)N(O)CC(=O)OC. The second-order valence-corrected chi connectivity index (χ2v) is 1.68. The molecule has 62 valence electrons. The van der Waals surface area contributed by atoms with Crippen molar-refractivity contribution in [3.8, 4) is 0 Å². The smallest absolute Gasteiger partial charge is 0.328 e. The first kappa shape index (κ1) is 9.64. The summed E-state index contributed by atoms with van der Waals surface area (Å²) in [7, 11) is 1.16. The molecule has 1 amide bonds. The number of carbonyl (C=O) groups excluding carboxylic acids is 2. The van der Waals surface area contributed by atoms with Gasteiger partial charge in [-0.3, -0.25) is 14.8 Å². The van der Waals surface area contributed by atoms with Gasteiger partial charge in [-0.25, -0.2) is 5.06 Å². The maximum Gasteiger partial charge on any atom is 0.328 e. The van der Waals surface area contributed by atoms with E-state index < -0.39 is 18.4 Å². The Morgan fingerprint density at radius 1 is 1.73 bits per heavy atom. The average molecular weight is 159 g/mol. The third-order valence-electron chi connectivity index (χ3n) is 0.936. The lowest BCUT2D eigenvalue weighted by atomic mass is 10.5. The summed E-state index contributed by atoms with van der Waals surface area (Å²) in [5.74, 6) is -1.43. The van der Waals surface area contributed by atoms with E-state index in [1.54, 1.807) is 0 Å². The van der Waals surface area contributed by atoms with Gasteiger partial charge in [0.15, 0.2) is 0 Å². The van der Waals surface area contributed by atoms with E-state index in [-0.39, 0.29) is 5.06 Å². The van der Waals surface area contributed by atoms with Gasteiger partial charge in [-0.15, -0.1) is 0 Å². The number of esters is 1. The van der Waals surface area contributed by atoms with Crippen LogP contribution in [0.2, 0.25) is 0 Å². The number of carbonyl (C=O) groups is 2. The van der Waals surface area contributed by atoms with Gasteiger partial charge in [-0.05, 0) is 6.08 Å². The molecule has 0 fully saturated rings. The van der Waals surface area contributed by atoms with Crippen LogP contribution in [-0.2, 0) is 14.3 Å². The Balaban J connectivity index is 3.86. The van der Waals surface area contributed by atoms with Crippen molar-refractivity contribution in [3.63, 3.8) is 0 Å². The van der Waals surface area contributed by atoms with Crippen LogP contribution in [0.3, 0.4) is 0 Å². The highest BCUT2D eigenvalue weighted by molar-refractivity contribution is 5.88. The van der Waals surface area contributed by atoms with Crippen LogP contribution in [0, 0.1) is 0 Å². The molecule has 5 heteroatoms. The van der Waals surface area contributed by atoms with E-state index >= 15 is 0 Å². The minimum absolute atomic E-state index is 0.221. The molecule has 0 radical (unpaired) electrons. The summed E-state index contributed by atoms with van der Waals surface area (Å²) in [5, 5.41) is 8.95. The highest BCUT2D eigenvalue weighted by atomic mass is 16.5. The molecule has 0 saturated heterocycles. The van der Waals surface area contributed by atoms with Crippen molar-refractivity contribution in [1.29, 1.82) is 0 Å². The van der Waals surface area contributed by atoms with E-state index in [2.05, 4.69) is 11.3 Å². The summed E-state index contributed by atoms with van der Waals surface area (Å²) in [6, 6.07) is 0. The number of rotatable bonds is 3. The number of hydrogen-bond acceptors (Lipinski definition) is 4. The molecule has 0 unspecified atom stereocenters. The fourth-order valence-electron chi connectivity index (χ4n) is 0.370. The van der Waals surface area contributed by atoms with Crippen molar-refractivity contribution in [3.05, 3.63) is 12.7 Å². The van der Waals surface area contributed by atoms with Crippen molar-refractivity contribution >= 4 is 11.9 Å². The lowest BCUT2D eigenvalue weighted by Gasteiger charge is -2.09. The molecular formula is C6H9NO4. The molecule has 0 aromatic rings. The standard InChI is InChI=1S/C6H9NO4/c1-3-5(8)7(10)4-6(9)11-2/h3,10H,1,4H2,2H3. The third kappa shape index (κ3) is 3.36. The van der Waals surface area contributed by atoms with E-state index in [0.717, 1.165) is 13.2 Å². The van der Waals surface area contributed by atoms with Gasteiger partial charge in [-0.2, -0.15) is 0 Å². The van der Waals surface area contributed by atoms with Crippen molar-refractivity contribution in [1.82, 2.24) is 5.06 Å². The molecule has 0 aliphatic heterocycles. The zero-order valence-electron chi connectivity index (χ0n) is 6.11. The van der Waals surface area contributed by atoms with Gasteiger partial charge in [0, 0.05) is 0 Å². The number of methoxy groups -OCH3 is 1. The third-order valence-corrected chi connectivity index (χ3v) is 0.936. The molecule has 0 aliphatic carbocycles. The Morgan fingerprint density at radius 2 is 2.27 bits per heavy atom. The first-order valence-electron chi connectivity index (χ1n) is 2.81. The minimum Gasteiger partial charge on any atom is -0.468 e. The molecule has 0 aromatic heterocycles. The van der Waals surface area contributed by atoms with E-state index in [1.807, 2.05) is 0 Å². The predicted molar refractivity (Wildman–Crippen MR) is 35.7 cm³/mol. The molecule has 0 rings (SSSR count). The van der Waals surface area contributed by atoms with E-state index in [9.17, 15) is 9.59 Å². The molecule has 5 nitrogen and oxygen atoms in total. The molecule has 1 N–H and O–H groups in total. The molecule has 0 heterocycles. The maximum atomic E-state index is 10.5. The van der Waals surface area contributed by atoms with Crippen molar-refractivity contribution < 1.29 is 19.5 Å². The Hall–Kier alpha value is -1.36. The average Bonchev–Trinajstić information content (AvgIpc) is 2.02. The van der Waals surface area contributed by atoms with Crippen LogP contribution < -0.4 is 0 Å². The topological polar surface area (TPSA) is 66.8 Å². The quantitative estimate of drug-likeness (QED) is 0.262. The fourth-order valence-corrected chi connectivity index (χ4v) is 0.370. The Kier molecular flexibility index (Phi) is 3.90. The summed E-state index contributed by atoms with van der Waals surface area (Å²) >= 11 is 0. The van der Waals surface area contributed by atoms with Gasteiger partial charge in [0.25, 0.3) is 5.91 Å². The van der Waals surface area contributed by atoms with Crippen molar-refractivity contribution in [2.24, 2.45) is 0 Å². The molecular weight excluding hydrogens is 150 g/mol. The Bertz CT molecular complexity index is 177. The van der Waals surface area contributed by atoms with Crippen LogP contribution in [0.1, 0.15) is 0 Å². The largest absolute Gasteiger partial charge is 0.468 e. The fraction of sp³-hybridized carbons (Fsp3) is 0.333. The van der Waals surface area contributed by atoms with Gasteiger partial charge in [-0.1, -0.05) is 6.58 Å². The number of amides is 1. The van der Waals surface area contributed by atoms with Gasteiger partial charge in [0.1, 0.15) is 6.54 Å². The van der Waals surface area contributed by atoms with Crippen LogP contribution in [-0.4, -0.2) is 35.8 Å². The summed E-state index contributed by atoms with van der Waals surface area (Å²) in [4.78, 5) is 20.9. The Labute approximate surface area is 63.8 Å². The van der Waals surface area contributed by atoms with E-state index in [0.29, 0.717) is 0 Å². The van der Waals surface area contributed by atoms with Crippen molar-refractivity contribution in [2.75, 3.05) is 13.7 Å². The summed E-state index contributed by atoms with van der Waals surface area (Å²) in [6.07, 6.45) is 0.892. The molecule has 0 atom stereocenters. The first-order valence-corrected chi connectivity index (χ1v) is 2.81. The van der Waals surface area contributed by atoms with Crippen LogP contribution >= 0.6 is 0 Å². The number of nitrogens with zero attached hydrogens (tertiary/aromatic N) is 1. The number of hydrogen-bond donors (Lipinski definition) is 1. The highest BCUT2D eigenvalue weighted by Crippen LogP contribution is 1.85. The Morgan fingerprint density at radius 3 is 2.64 bits per heavy atom. The molecule has 0 saturated carbocycles. The maximum absolute atomic E-state index is 10.5. The highest BCUT2D eigenvalue weighted by Gasteiger charge is 2.11. The van der Waals surface area contributed by atoms with Crippen LogP contribution in [0.5, 0.6) is 0 Å². The summed E-state index contributed by atoms with van der Waals surface area (Å²) in [5.41, 5.74) is 0. The van der Waals surface area contributed by atoms with Gasteiger partial charge in [0.05, 0.1) is 7.11 Å². The zero-order chi connectivity index (χ0) is 8.85. The van der Waals surface area contributed by atoms with Gasteiger partial charge < -0.3 is 4.74 Å².